The second-order valence-electron chi connectivity index (χ2n) is 6.95. The van der Waals surface area contributed by atoms with E-state index in [1.54, 1.807) is 15.6 Å². The van der Waals surface area contributed by atoms with Crippen LogP contribution in [0.1, 0.15) is 44.9 Å². The van der Waals surface area contributed by atoms with E-state index in [1.165, 1.54) is 10.5 Å². The predicted octanol–water partition coefficient (Wildman–Crippen LogP) is 3.64. The quantitative estimate of drug-likeness (QED) is 0.578. The van der Waals surface area contributed by atoms with Crippen LogP contribution in [0.15, 0.2) is 53.8 Å². The summed E-state index contributed by atoms with van der Waals surface area (Å²) in [5.41, 5.74) is 2.47. The highest BCUT2D eigenvalue weighted by Gasteiger charge is 2.27. The Balaban J connectivity index is 2.02. The van der Waals surface area contributed by atoms with Gasteiger partial charge in [-0.15, -0.1) is 0 Å². The number of nitrogens with zero attached hydrogens (tertiary/aromatic N) is 5. The number of sulfonamides is 1. The molecule has 28 heavy (non-hydrogen) atoms. The van der Waals surface area contributed by atoms with Crippen LogP contribution in [0.5, 0.6) is 0 Å². The van der Waals surface area contributed by atoms with Gasteiger partial charge >= 0.3 is 0 Å². The largest absolute Gasteiger partial charge is 0.273 e. The van der Waals surface area contributed by atoms with E-state index in [0.717, 1.165) is 12.1 Å². The molecule has 2 aromatic heterocycles. The van der Waals surface area contributed by atoms with Crippen molar-refractivity contribution < 1.29 is 8.42 Å². The summed E-state index contributed by atoms with van der Waals surface area (Å²) >= 11 is 0. The third-order valence-electron chi connectivity index (χ3n) is 4.69. The topological polar surface area (TPSA) is 73.0 Å². The lowest BCUT2D eigenvalue weighted by atomic mass is 10.0. The molecule has 0 saturated heterocycles. The Bertz CT molecular complexity index is 1020. The van der Waals surface area contributed by atoms with Crippen LogP contribution in [-0.4, -0.2) is 28.0 Å². The molecule has 0 bridgehead atoms. The third-order valence-corrected chi connectivity index (χ3v) is 6.42. The first-order chi connectivity index (χ1) is 13.3. The lowest BCUT2D eigenvalue weighted by molar-refractivity contribution is 0.588. The molecule has 3 rings (SSSR count). The normalized spacial score (nSPS) is 11.9. The van der Waals surface area contributed by atoms with Crippen molar-refractivity contribution in [3.05, 3.63) is 60.2 Å². The maximum atomic E-state index is 13.4. The molecule has 7 nitrogen and oxygen atoms in total. The average Bonchev–Trinajstić information content (AvgIpc) is 3.35. The van der Waals surface area contributed by atoms with E-state index >= 15 is 0 Å². The fraction of sp³-hybridized carbons (Fsp3) is 0.400. The van der Waals surface area contributed by atoms with Crippen molar-refractivity contribution in [3.8, 4) is 0 Å². The summed E-state index contributed by atoms with van der Waals surface area (Å²) in [7, 11) is -3.77. The summed E-state index contributed by atoms with van der Waals surface area (Å²) in [4.78, 5) is 0.178. The molecule has 0 saturated carbocycles. The summed E-state index contributed by atoms with van der Waals surface area (Å²) < 4.78 is 31.6. The summed E-state index contributed by atoms with van der Waals surface area (Å²) in [5.74, 6) is 0.377. The molecular weight excluding hydrogens is 374 g/mol. The monoisotopic (exact) mass is 401 g/mol. The standard InChI is InChI=1S/C20H27N5O2S/c1-5-23-12-11-18(22-23)14-25(19-9-7-17(8-10-19)16(3)4)28(26,27)20-13-21-24(6-2)15-20/h7-13,15-16H,5-6,14H2,1-4H3. The highest BCUT2D eigenvalue weighted by atomic mass is 32.2. The third kappa shape index (κ3) is 4.11. The van der Waals surface area contributed by atoms with Gasteiger partial charge in [0.2, 0.25) is 0 Å². The number of benzene rings is 1. The van der Waals surface area contributed by atoms with Crippen molar-refractivity contribution >= 4 is 15.7 Å². The van der Waals surface area contributed by atoms with E-state index in [-0.39, 0.29) is 11.4 Å². The highest BCUT2D eigenvalue weighted by Crippen LogP contribution is 2.27. The van der Waals surface area contributed by atoms with E-state index in [9.17, 15) is 8.42 Å². The van der Waals surface area contributed by atoms with E-state index in [0.29, 0.717) is 23.8 Å². The van der Waals surface area contributed by atoms with Gasteiger partial charge < -0.3 is 0 Å². The number of hydrogen-bond acceptors (Lipinski definition) is 4. The van der Waals surface area contributed by atoms with E-state index in [4.69, 9.17) is 0 Å². The zero-order chi connectivity index (χ0) is 20.3. The van der Waals surface area contributed by atoms with Crippen LogP contribution in [0.3, 0.4) is 0 Å². The Morgan fingerprint density at radius 1 is 1.04 bits per heavy atom. The number of hydrogen-bond donors (Lipinski definition) is 0. The molecule has 0 amide bonds. The van der Waals surface area contributed by atoms with Crippen molar-refractivity contribution in [1.29, 1.82) is 0 Å². The first kappa shape index (κ1) is 20.1. The zero-order valence-electron chi connectivity index (χ0n) is 16.8. The zero-order valence-corrected chi connectivity index (χ0v) is 17.6. The Morgan fingerprint density at radius 2 is 1.71 bits per heavy atom. The summed E-state index contributed by atoms with van der Waals surface area (Å²) in [5, 5.41) is 8.59. The molecule has 0 radical (unpaired) electrons. The first-order valence-electron chi connectivity index (χ1n) is 9.52. The van der Waals surface area contributed by atoms with Crippen molar-refractivity contribution in [2.75, 3.05) is 4.31 Å². The highest BCUT2D eigenvalue weighted by molar-refractivity contribution is 7.92. The minimum absolute atomic E-state index is 0.160. The Kier molecular flexibility index (Phi) is 5.88. The molecule has 8 heteroatoms. The van der Waals surface area contributed by atoms with Gasteiger partial charge in [-0.05, 0) is 43.5 Å². The molecule has 0 fully saturated rings. The Morgan fingerprint density at radius 3 is 2.25 bits per heavy atom. The molecule has 0 aliphatic carbocycles. The van der Waals surface area contributed by atoms with Gasteiger partial charge in [0.25, 0.3) is 10.0 Å². The van der Waals surface area contributed by atoms with Crippen LogP contribution in [0.25, 0.3) is 0 Å². The molecule has 0 atom stereocenters. The maximum absolute atomic E-state index is 13.4. The number of anilines is 1. The lowest BCUT2D eigenvalue weighted by Gasteiger charge is -2.23. The van der Waals surface area contributed by atoms with Crippen molar-refractivity contribution in [3.63, 3.8) is 0 Å². The van der Waals surface area contributed by atoms with Gasteiger partial charge in [0.15, 0.2) is 0 Å². The molecule has 0 aliphatic heterocycles. The Hall–Kier alpha value is -2.61. The van der Waals surface area contributed by atoms with E-state index in [1.807, 2.05) is 50.4 Å². The smallest absolute Gasteiger partial charge is 0.267 e. The van der Waals surface area contributed by atoms with Gasteiger partial charge in [-0.3, -0.25) is 13.7 Å². The molecule has 150 valence electrons. The fourth-order valence-electron chi connectivity index (χ4n) is 2.93. The van der Waals surface area contributed by atoms with Crippen LogP contribution in [-0.2, 0) is 29.7 Å². The number of aromatic nitrogens is 4. The van der Waals surface area contributed by atoms with Crippen molar-refractivity contribution in [2.45, 2.75) is 58.1 Å². The summed E-state index contributed by atoms with van der Waals surface area (Å²) in [6, 6.07) is 9.51. The molecule has 0 spiro atoms. The molecule has 0 aliphatic rings. The fourth-order valence-corrected chi connectivity index (χ4v) is 4.32. The van der Waals surface area contributed by atoms with Crippen molar-refractivity contribution in [2.24, 2.45) is 0 Å². The molecule has 0 N–H and O–H groups in total. The predicted molar refractivity (Wildman–Crippen MR) is 110 cm³/mol. The molecule has 1 aromatic carbocycles. The number of aryl methyl sites for hydroxylation is 2. The van der Waals surface area contributed by atoms with E-state index < -0.39 is 10.0 Å². The van der Waals surface area contributed by atoms with Crippen molar-refractivity contribution in [1.82, 2.24) is 19.6 Å². The lowest BCUT2D eigenvalue weighted by Crippen LogP contribution is -2.30. The summed E-state index contributed by atoms with van der Waals surface area (Å²) in [6.07, 6.45) is 4.82. The molecule has 3 aromatic rings. The number of rotatable bonds is 8. The second-order valence-corrected chi connectivity index (χ2v) is 8.81. The molecular formula is C20H27N5O2S. The van der Waals surface area contributed by atoms with Gasteiger partial charge in [-0.1, -0.05) is 26.0 Å². The second kappa shape index (κ2) is 8.18. The van der Waals surface area contributed by atoms with E-state index in [2.05, 4.69) is 24.0 Å². The van der Waals surface area contributed by atoms with Gasteiger partial charge in [0.05, 0.1) is 24.1 Å². The van der Waals surface area contributed by atoms with Gasteiger partial charge in [0, 0.05) is 25.5 Å². The van der Waals surface area contributed by atoms with Gasteiger partial charge in [-0.25, -0.2) is 8.42 Å². The minimum Gasteiger partial charge on any atom is -0.273 e. The minimum atomic E-state index is -3.77. The Labute approximate surface area is 166 Å². The van der Waals surface area contributed by atoms with Crippen LogP contribution < -0.4 is 4.31 Å². The average molecular weight is 402 g/mol. The van der Waals surface area contributed by atoms with Gasteiger partial charge in [0.1, 0.15) is 4.90 Å². The van der Waals surface area contributed by atoms with Crippen LogP contribution in [0, 0.1) is 0 Å². The van der Waals surface area contributed by atoms with Crippen LogP contribution in [0.4, 0.5) is 5.69 Å². The van der Waals surface area contributed by atoms with Crippen LogP contribution in [0.2, 0.25) is 0 Å². The maximum Gasteiger partial charge on any atom is 0.267 e. The molecule has 2 heterocycles. The SMILES string of the molecule is CCn1cc(S(=O)(=O)N(Cc2ccn(CC)n2)c2ccc(C(C)C)cc2)cn1. The van der Waals surface area contributed by atoms with Crippen LogP contribution >= 0.6 is 0 Å². The molecule has 0 unspecified atom stereocenters. The first-order valence-corrected chi connectivity index (χ1v) is 11.0. The van der Waals surface area contributed by atoms with Gasteiger partial charge in [-0.2, -0.15) is 10.2 Å². The summed E-state index contributed by atoms with van der Waals surface area (Å²) in [6.45, 7) is 9.64.